The number of anilines is 2. The van der Waals surface area contributed by atoms with Crippen LogP contribution in [-0.2, 0) is 19.1 Å². The summed E-state index contributed by atoms with van der Waals surface area (Å²) in [6, 6.07) is 14.4. The average molecular weight is 893 g/mol. The predicted octanol–water partition coefficient (Wildman–Crippen LogP) is 9.85. The van der Waals surface area contributed by atoms with Crippen LogP contribution in [0.4, 0.5) is 38.5 Å². The van der Waals surface area contributed by atoms with Crippen LogP contribution in [-0.4, -0.2) is 57.6 Å². The van der Waals surface area contributed by atoms with E-state index in [4.69, 9.17) is 9.47 Å². The SMILES string of the molecule is C[C@@H]1CC(O)C[C@H](NC(=O)OC(C)(C)C)c2cc(F)cc(c2)-c2cc(F)ccc2NC1=O.C[C@H]1C(=O)Nc2ccc(F)cc2-c2cc(F)cc(c2)[C@@H](NC(=O)OC(C)(C)C)CCC1O. The number of nitrogens with one attached hydrogen (secondary N) is 4. The molecule has 0 aliphatic carbocycles. The monoisotopic (exact) mass is 892 g/mol. The first kappa shape index (κ1) is 49.0. The zero-order chi connectivity index (χ0) is 47.3. The van der Waals surface area contributed by atoms with Gasteiger partial charge in [0.25, 0.3) is 0 Å². The summed E-state index contributed by atoms with van der Waals surface area (Å²) in [4.78, 5) is 50.2. The van der Waals surface area contributed by atoms with Crippen molar-refractivity contribution in [1.29, 1.82) is 0 Å². The van der Waals surface area contributed by atoms with E-state index in [-0.39, 0.29) is 37.2 Å². The Balaban J connectivity index is 0.000000241. The van der Waals surface area contributed by atoms with Crippen molar-refractivity contribution in [1.82, 2.24) is 10.6 Å². The molecule has 6 rings (SSSR count). The third-order valence-electron chi connectivity index (χ3n) is 10.5. The second-order valence-corrected chi connectivity index (χ2v) is 18.3. The summed E-state index contributed by atoms with van der Waals surface area (Å²) >= 11 is 0. The van der Waals surface area contributed by atoms with Gasteiger partial charge in [0.2, 0.25) is 11.8 Å². The number of hydrogen-bond acceptors (Lipinski definition) is 8. The quantitative estimate of drug-likeness (QED) is 0.108. The molecule has 0 saturated heterocycles. The Morgan fingerprint density at radius 1 is 0.609 bits per heavy atom. The third kappa shape index (κ3) is 13.7. The summed E-state index contributed by atoms with van der Waals surface area (Å²) in [5, 5.41) is 32.0. The Labute approximate surface area is 370 Å². The molecular weight excluding hydrogens is 837 g/mol. The Bertz CT molecular complexity index is 2370. The van der Waals surface area contributed by atoms with E-state index < -0.39 is 88.7 Å². The minimum Gasteiger partial charge on any atom is -0.444 e. The van der Waals surface area contributed by atoms with Crippen LogP contribution in [0.3, 0.4) is 0 Å². The van der Waals surface area contributed by atoms with Crippen LogP contribution in [0.15, 0.2) is 72.8 Å². The highest BCUT2D eigenvalue weighted by molar-refractivity contribution is 5.98. The molecular formula is C48H56F4N4O8. The lowest BCUT2D eigenvalue weighted by Gasteiger charge is -2.27. The number of carbonyl (C=O) groups excluding carboxylic acids is 4. The first-order valence-corrected chi connectivity index (χ1v) is 21.0. The number of aliphatic hydroxyl groups excluding tert-OH is 2. The number of amides is 4. The molecule has 0 radical (unpaired) electrons. The molecule has 6 atom stereocenters. The fourth-order valence-electron chi connectivity index (χ4n) is 7.31. The van der Waals surface area contributed by atoms with E-state index in [1.807, 2.05) is 0 Å². The van der Waals surface area contributed by atoms with Crippen molar-refractivity contribution in [2.75, 3.05) is 10.6 Å². The van der Waals surface area contributed by atoms with Gasteiger partial charge in [-0.3, -0.25) is 9.59 Å². The predicted molar refractivity (Wildman–Crippen MR) is 234 cm³/mol. The molecule has 2 aliphatic rings. The highest BCUT2D eigenvalue weighted by Gasteiger charge is 2.30. The maximum Gasteiger partial charge on any atom is 0.408 e. The molecule has 12 nitrogen and oxygen atoms in total. The van der Waals surface area contributed by atoms with Gasteiger partial charge >= 0.3 is 12.2 Å². The van der Waals surface area contributed by atoms with E-state index >= 15 is 0 Å². The summed E-state index contributed by atoms with van der Waals surface area (Å²) in [5.74, 6) is -4.39. The van der Waals surface area contributed by atoms with Gasteiger partial charge in [-0.2, -0.15) is 0 Å². The number of carbonyl (C=O) groups is 4. The van der Waals surface area contributed by atoms with Crippen molar-refractivity contribution in [2.45, 2.75) is 117 Å². The summed E-state index contributed by atoms with van der Waals surface area (Å²) in [5.41, 5.74) is 1.24. The van der Waals surface area contributed by atoms with Crippen LogP contribution in [0.5, 0.6) is 0 Å². The van der Waals surface area contributed by atoms with Gasteiger partial charge in [-0.1, -0.05) is 13.8 Å². The van der Waals surface area contributed by atoms with Crippen molar-refractivity contribution in [3.63, 3.8) is 0 Å². The summed E-state index contributed by atoms with van der Waals surface area (Å²) in [6.45, 7) is 13.6. The molecule has 4 bridgehead atoms. The van der Waals surface area contributed by atoms with Crippen LogP contribution in [0, 0.1) is 35.1 Å². The number of aliphatic hydroxyl groups is 2. The van der Waals surface area contributed by atoms with Crippen LogP contribution < -0.4 is 21.3 Å². The first-order chi connectivity index (χ1) is 29.8. The van der Waals surface area contributed by atoms with Crippen molar-refractivity contribution in [2.24, 2.45) is 11.8 Å². The number of rotatable bonds is 2. The number of ether oxygens (including phenoxy) is 2. The fraction of sp³-hybridized carbons (Fsp3) is 0.417. The van der Waals surface area contributed by atoms with Gasteiger partial charge in [0.05, 0.1) is 30.2 Å². The number of fused-ring (bicyclic) bond motifs is 8. The number of alkyl carbamates (subject to hydrolysis) is 2. The Morgan fingerprint density at radius 2 is 1.06 bits per heavy atom. The summed E-state index contributed by atoms with van der Waals surface area (Å²) in [6.07, 6.45) is -2.79. The topological polar surface area (TPSA) is 175 Å². The highest BCUT2D eigenvalue weighted by atomic mass is 19.1. The van der Waals surface area contributed by atoms with E-state index in [0.717, 1.165) is 0 Å². The Morgan fingerprint density at radius 3 is 1.55 bits per heavy atom. The lowest BCUT2D eigenvalue weighted by molar-refractivity contribution is -0.123. The summed E-state index contributed by atoms with van der Waals surface area (Å²) in [7, 11) is 0. The van der Waals surface area contributed by atoms with E-state index in [1.54, 1.807) is 67.5 Å². The normalized spacial score (nSPS) is 21.5. The van der Waals surface area contributed by atoms with Crippen molar-refractivity contribution < 1.29 is 56.4 Å². The van der Waals surface area contributed by atoms with Gasteiger partial charge in [-0.25, -0.2) is 27.2 Å². The first-order valence-electron chi connectivity index (χ1n) is 21.0. The number of halogens is 4. The molecule has 2 heterocycles. The van der Waals surface area contributed by atoms with Gasteiger partial charge < -0.3 is 41.0 Å². The number of hydrogen-bond donors (Lipinski definition) is 6. The molecule has 64 heavy (non-hydrogen) atoms. The Hall–Kier alpha value is -6.00. The summed E-state index contributed by atoms with van der Waals surface area (Å²) < 4.78 is 67.9. The molecule has 344 valence electrons. The highest BCUT2D eigenvalue weighted by Crippen LogP contribution is 2.36. The second kappa shape index (κ2) is 20.2. The van der Waals surface area contributed by atoms with Gasteiger partial charge in [-0.15, -0.1) is 0 Å². The second-order valence-electron chi connectivity index (χ2n) is 18.3. The molecule has 4 aromatic carbocycles. The number of benzene rings is 4. The van der Waals surface area contributed by atoms with Crippen LogP contribution in [0.2, 0.25) is 0 Å². The molecule has 0 fully saturated rings. The minimum absolute atomic E-state index is 0.0375. The van der Waals surface area contributed by atoms with E-state index in [2.05, 4.69) is 21.3 Å². The molecule has 6 N–H and O–H groups in total. The van der Waals surface area contributed by atoms with Crippen molar-refractivity contribution >= 4 is 35.4 Å². The smallest absolute Gasteiger partial charge is 0.408 e. The molecule has 0 spiro atoms. The van der Waals surface area contributed by atoms with Gasteiger partial charge in [-0.05, 0) is 162 Å². The van der Waals surface area contributed by atoms with Crippen LogP contribution in [0.25, 0.3) is 22.3 Å². The van der Waals surface area contributed by atoms with E-state index in [9.17, 15) is 47.0 Å². The standard InChI is InChI=1S/2C24H28F2N2O4/c1-13-7-18(29)12-21(28-23(31)32-24(2,3)4)15-8-14(9-17(26)10-15)19-11-16(25)5-6-20(19)27-22(13)30;1-13-21(29)8-7-19(28-23(31)32-24(2,3)4)15-9-14(10-17(26)11-15)18-12-16(25)5-6-20(18)27-22(13)30/h5-6,8-11,13,18,21,29H,7,12H2,1-4H3,(H,27,30)(H,28,31);5-6,9-13,19,21,29H,7-8H2,1-4H3,(H,27,30)(H,28,31)/t13-,18?,21+;13-,19+,21?/m11/s1. The van der Waals surface area contributed by atoms with E-state index in [1.165, 1.54) is 60.7 Å². The lowest BCUT2D eigenvalue weighted by Crippen LogP contribution is -2.37. The lowest BCUT2D eigenvalue weighted by atomic mass is 9.91. The molecule has 4 aromatic rings. The van der Waals surface area contributed by atoms with Gasteiger partial charge in [0, 0.05) is 28.4 Å². The van der Waals surface area contributed by atoms with E-state index in [0.29, 0.717) is 39.2 Å². The maximum absolute atomic E-state index is 14.6. The van der Waals surface area contributed by atoms with Crippen LogP contribution in [0.1, 0.15) is 104 Å². The van der Waals surface area contributed by atoms with Crippen molar-refractivity contribution in [3.05, 3.63) is 107 Å². The fourth-order valence-corrected chi connectivity index (χ4v) is 7.31. The molecule has 4 amide bonds. The average Bonchev–Trinajstić information content (AvgIpc) is 3.17. The zero-order valence-corrected chi connectivity index (χ0v) is 37.1. The minimum atomic E-state index is -1.01. The van der Waals surface area contributed by atoms with Gasteiger partial charge in [0.1, 0.15) is 34.5 Å². The maximum atomic E-state index is 14.6. The zero-order valence-electron chi connectivity index (χ0n) is 37.1. The molecule has 2 unspecified atom stereocenters. The van der Waals surface area contributed by atoms with Crippen LogP contribution >= 0.6 is 0 Å². The molecule has 0 aromatic heterocycles. The molecule has 0 saturated carbocycles. The molecule has 16 heteroatoms. The molecule has 2 aliphatic heterocycles. The van der Waals surface area contributed by atoms with Gasteiger partial charge in [0.15, 0.2) is 0 Å². The van der Waals surface area contributed by atoms with Crippen molar-refractivity contribution in [3.8, 4) is 22.3 Å². The Kier molecular flexibility index (Phi) is 15.5. The third-order valence-corrected chi connectivity index (χ3v) is 10.5. The largest absolute Gasteiger partial charge is 0.444 e.